The van der Waals surface area contributed by atoms with Crippen molar-refractivity contribution in [2.75, 3.05) is 5.32 Å². The second-order valence-electron chi connectivity index (χ2n) is 6.03. The molecule has 1 N–H and O–H groups in total. The number of benzene rings is 2. The van der Waals surface area contributed by atoms with Gasteiger partial charge < -0.3 is 5.32 Å². The van der Waals surface area contributed by atoms with Gasteiger partial charge >= 0.3 is 6.18 Å². The Kier molecular flexibility index (Phi) is 4.31. The molecule has 28 heavy (non-hydrogen) atoms. The van der Waals surface area contributed by atoms with Gasteiger partial charge in [-0.15, -0.1) is 0 Å². The first kappa shape index (κ1) is 17.7. The number of hydrogen-bond donors (Lipinski definition) is 1. The van der Waals surface area contributed by atoms with Crippen molar-refractivity contribution in [3.05, 3.63) is 84.3 Å². The number of alkyl halides is 3. The Morgan fingerprint density at radius 2 is 1.86 bits per heavy atom. The molecule has 0 fully saturated rings. The van der Waals surface area contributed by atoms with E-state index in [0.29, 0.717) is 22.7 Å². The van der Waals surface area contributed by atoms with Crippen molar-refractivity contribution < 1.29 is 18.0 Å². The van der Waals surface area contributed by atoms with Crippen molar-refractivity contribution in [1.82, 2.24) is 14.4 Å². The number of carbonyl (C=O) groups is 1. The number of halogens is 3. The SMILES string of the molecule is O=C(Nc1cccc(-c2cn3cccnc3n2)c1)c1ccccc1C(F)(F)F. The maximum absolute atomic E-state index is 13.1. The summed E-state index contributed by atoms with van der Waals surface area (Å²) in [6.45, 7) is 0. The second-order valence-corrected chi connectivity index (χ2v) is 6.03. The van der Waals surface area contributed by atoms with Gasteiger partial charge in [-0.1, -0.05) is 24.3 Å². The van der Waals surface area contributed by atoms with E-state index in [9.17, 15) is 18.0 Å². The number of nitrogens with zero attached hydrogens (tertiary/aromatic N) is 3. The van der Waals surface area contributed by atoms with Gasteiger partial charge in [0.25, 0.3) is 5.91 Å². The van der Waals surface area contributed by atoms with Crippen LogP contribution in [0.1, 0.15) is 15.9 Å². The third-order valence-electron chi connectivity index (χ3n) is 4.13. The molecule has 8 heteroatoms. The highest BCUT2D eigenvalue weighted by Crippen LogP contribution is 2.32. The van der Waals surface area contributed by atoms with Crippen molar-refractivity contribution >= 4 is 17.4 Å². The Morgan fingerprint density at radius 3 is 2.64 bits per heavy atom. The van der Waals surface area contributed by atoms with Gasteiger partial charge in [-0.05, 0) is 30.3 Å². The fourth-order valence-corrected chi connectivity index (χ4v) is 2.85. The van der Waals surface area contributed by atoms with E-state index in [-0.39, 0.29) is 0 Å². The zero-order valence-corrected chi connectivity index (χ0v) is 14.3. The molecule has 4 rings (SSSR count). The van der Waals surface area contributed by atoms with E-state index in [2.05, 4.69) is 15.3 Å². The molecule has 5 nitrogen and oxygen atoms in total. The highest BCUT2D eigenvalue weighted by Gasteiger charge is 2.34. The Balaban J connectivity index is 1.63. The summed E-state index contributed by atoms with van der Waals surface area (Å²) < 4.78 is 41.2. The summed E-state index contributed by atoms with van der Waals surface area (Å²) in [7, 11) is 0. The van der Waals surface area contributed by atoms with Crippen molar-refractivity contribution in [3.63, 3.8) is 0 Å². The van der Waals surface area contributed by atoms with Crippen LogP contribution in [0.15, 0.2) is 73.2 Å². The van der Waals surface area contributed by atoms with E-state index in [1.165, 1.54) is 12.1 Å². The summed E-state index contributed by atoms with van der Waals surface area (Å²) >= 11 is 0. The molecular weight excluding hydrogens is 369 g/mol. The maximum atomic E-state index is 13.1. The largest absolute Gasteiger partial charge is 0.417 e. The molecule has 0 atom stereocenters. The Bertz CT molecular complexity index is 1130. The summed E-state index contributed by atoms with van der Waals surface area (Å²) in [6, 6.07) is 13.2. The highest BCUT2D eigenvalue weighted by molar-refractivity contribution is 6.05. The Labute approximate surface area is 157 Å². The van der Waals surface area contributed by atoms with Crippen molar-refractivity contribution in [2.45, 2.75) is 6.18 Å². The highest BCUT2D eigenvalue weighted by atomic mass is 19.4. The average Bonchev–Trinajstić information content (AvgIpc) is 3.12. The summed E-state index contributed by atoms with van der Waals surface area (Å²) in [4.78, 5) is 21.0. The molecule has 1 amide bonds. The van der Waals surface area contributed by atoms with Gasteiger partial charge in [0.05, 0.1) is 16.8 Å². The van der Waals surface area contributed by atoms with Crippen LogP contribution in [0.2, 0.25) is 0 Å². The maximum Gasteiger partial charge on any atom is 0.417 e. The smallest absolute Gasteiger partial charge is 0.322 e. The Morgan fingerprint density at radius 1 is 1.04 bits per heavy atom. The lowest BCUT2D eigenvalue weighted by molar-refractivity contribution is -0.137. The van der Waals surface area contributed by atoms with E-state index in [1.807, 2.05) is 0 Å². The lowest BCUT2D eigenvalue weighted by Gasteiger charge is -2.13. The third kappa shape index (κ3) is 3.44. The van der Waals surface area contributed by atoms with E-state index < -0.39 is 23.2 Å². The first-order valence-electron chi connectivity index (χ1n) is 8.29. The molecule has 0 aliphatic rings. The van der Waals surface area contributed by atoms with Crippen LogP contribution < -0.4 is 5.32 Å². The summed E-state index contributed by atoms with van der Waals surface area (Å²) in [5.41, 5.74) is 0.287. The van der Waals surface area contributed by atoms with Crippen LogP contribution in [0, 0.1) is 0 Å². The van der Waals surface area contributed by atoms with Crippen molar-refractivity contribution in [3.8, 4) is 11.3 Å². The minimum Gasteiger partial charge on any atom is -0.322 e. The predicted octanol–water partition coefficient (Wildman–Crippen LogP) is 4.67. The topological polar surface area (TPSA) is 59.3 Å². The molecule has 2 aromatic carbocycles. The zero-order valence-electron chi connectivity index (χ0n) is 14.3. The van der Waals surface area contributed by atoms with Gasteiger partial charge in [0.15, 0.2) is 0 Å². The van der Waals surface area contributed by atoms with Crippen LogP contribution in [0.5, 0.6) is 0 Å². The van der Waals surface area contributed by atoms with Crippen LogP contribution in [0.3, 0.4) is 0 Å². The molecule has 2 heterocycles. The average molecular weight is 382 g/mol. The van der Waals surface area contributed by atoms with Gasteiger partial charge in [0, 0.05) is 29.8 Å². The van der Waals surface area contributed by atoms with Crippen LogP contribution in [-0.2, 0) is 6.18 Å². The van der Waals surface area contributed by atoms with Crippen LogP contribution in [-0.4, -0.2) is 20.3 Å². The normalized spacial score (nSPS) is 11.5. The molecule has 0 unspecified atom stereocenters. The van der Waals surface area contributed by atoms with Crippen LogP contribution in [0.25, 0.3) is 17.0 Å². The first-order chi connectivity index (χ1) is 13.4. The summed E-state index contributed by atoms with van der Waals surface area (Å²) in [5, 5.41) is 2.53. The van der Waals surface area contributed by atoms with Gasteiger partial charge in [0.2, 0.25) is 5.78 Å². The first-order valence-corrected chi connectivity index (χ1v) is 8.29. The lowest BCUT2D eigenvalue weighted by Crippen LogP contribution is -2.18. The lowest BCUT2D eigenvalue weighted by atomic mass is 10.1. The second kappa shape index (κ2) is 6.80. The van der Waals surface area contributed by atoms with E-state index in [4.69, 9.17) is 0 Å². The number of imidazole rings is 1. The molecule has 0 saturated heterocycles. The predicted molar refractivity (Wildman–Crippen MR) is 97.8 cm³/mol. The molecule has 0 aliphatic carbocycles. The quantitative estimate of drug-likeness (QED) is 0.560. The van der Waals surface area contributed by atoms with E-state index in [1.54, 1.807) is 53.3 Å². The fourth-order valence-electron chi connectivity index (χ4n) is 2.85. The molecule has 0 aliphatic heterocycles. The van der Waals surface area contributed by atoms with Gasteiger partial charge in [-0.25, -0.2) is 9.97 Å². The van der Waals surface area contributed by atoms with Crippen molar-refractivity contribution in [1.29, 1.82) is 0 Å². The summed E-state index contributed by atoms with van der Waals surface area (Å²) in [5.74, 6) is -0.312. The van der Waals surface area contributed by atoms with Crippen LogP contribution >= 0.6 is 0 Å². The number of carbonyl (C=O) groups excluding carboxylic acids is 1. The number of rotatable bonds is 3. The van der Waals surface area contributed by atoms with Crippen LogP contribution in [0.4, 0.5) is 18.9 Å². The number of hydrogen-bond acceptors (Lipinski definition) is 3. The standard InChI is InChI=1S/C20H13F3N4O/c21-20(22,23)16-8-2-1-7-15(16)18(28)25-14-6-3-5-13(11-14)17-12-27-10-4-9-24-19(27)26-17/h1-12H,(H,25,28). The zero-order chi connectivity index (χ0) is 19.7. The molecule has 0 spiro atoms. The molecule has 4 aromatic rings. The number of fused-ring (bicyclic) bond motifs is 1. The fraction of sp³-hybridized carbons (Fsp3) is 0.0500. The number of amides is 1. The molecule has 0 radical (unpaired) electrons. The Hall–Kier alpha value is -3.68. The molecule has 2 aromatic heterocycles. The molecule has 0 bridgehead atoms. The van der Waals surface area contributed by atoms with Gasteiger partial charge in [0.1, 0.15) is 0 Å². The molecule has 140 valence electrons. The molecular formula is C20H13F3N4O. The summed E-state index contributed by atoms with van der Waals surface area (Å²) in [6.07, 6.45) is 0.598. The van der Waals surface area contributed by atoms with Crippen molar-refractivity contribution in [2.24, 2.45) is 0 Å². The number of nitrogens with one attached hydrogen (secondary N) is 1. The monoisotopic (exact) mass is 382 g/mol. The number of anilines is 1. The van der Waals surface area contributed by atoms with E-state index in [0.717, 1.165) is 12.1 Å². The molecule has 0 saturated carbocycles. The van der Waals surface area contributed by atoms with Gasteiger partial charge in [-0.2, -0.15) is 13.2 Å². The number of aromatic nitrogens is 3. The van der Waals surface area contributed by atoms with E-state index >= 15 is 0 Å². The van der Waals surface area contributed by atoms with Gasteiger partial charge in [-0.3, -0.25) is 9.20 Å². The third-order valence-corrected chi connectivity index (χ3v) is 4.13. The minimum atomic E-state index is -4.61. The minimum absolute atomic E-state index is 0.365.